The minimum atomic E-state index is -0.557. The van der Waals surface area contributed by atoms with E-state index in [1.165, 1.54) is 18.2 Å². The minimum absolute atomic E-state index is 0.132. The number of nitrogens with zero attached hydrogens (tertiary/aromatic N) is 3. The monoisotopic (exact) mass is 204 g/mol. The Kier molecular flexibility index (Phi) is 1.96. The zero-order valence-electron chi connectivity index (χ0n) is 7.80. The minimum Gasteiger partial charge on any atom is -0.267 e. The Hall–Kier alpha value is -2.24. The lowest BCUT2D eigenvalue weighted by Crippen LogP contribution is -1.91. The lowest BCUT2D eigenvalue weighted by Gasteiger charge is -1.98. The number of hydrogen-bond acceptors (Lipinski definition) is 4. The van der Waals surface area contributed by atoms with Gasteiger partial charge in [0.2, 0.25) is 0 Å². The Balaban J connectivity index is 2.76. The standard InChI is InChI=1S/C9H6N3O3/c1-5-10-8-3-2-6(12(14)15)4-7(8)9(13)11-5/h2-4H,1H3. The highest BCUT2D eigenvalue weighted by molar-refractivity contribution is 5.85. The number of aryl methyl sites for hydroxylation is 1. The van der Waals surface area contributed by atoms with Gasteiger partial charge in [0, 0.05) is 12.1 Å². The van der Waals surface area contributed by atoms with Crippen LogP contribution >= 0.6 is 0 Å². The van der Waals surface area contributed by atoms with Crippen molar-refractivity contribution in [1.29, 1.82) is 0 Å². The maximum absolute atomic E-state index is 11.4. The molecule has 0 aliphatic rings. The second-order valence-electron chi connectivity index (χ2n) is 3.03. The summed E-state index contributed by atoms with van der Waals surface area (Å²) in [4.78, 5) is 17.5. The molecule has 1 heterocycles. The fourth-order valence-electron chi connectivity index (χ4n) is 1.31. The van der Waals surface area contributed by atoms with Crippen molar-refractivity contribution in [3.8, 4) is 5.88 Å². The maximum atomic E-state index is 11.4. The van der Waals surface area contributed by atoms with Crippen LogP contribution in [0.15, 0.2) is 18.2 Å². The van der Waals surface area contributed by atoms with Crippen LogP contribution in [0.1, 0.15) is 5.82 Å². The molecule has 6 heteroatoms. The first-order valence-corrected chi connectivity index (χ1v) is 4.18. The number of benzene rings is 1. The summed E-state index contributed by atoms with van der Waals surface area (Å²) in [5.74, 6) is -0.123. The molecule has 1 aromatic carbocycles. The van der Waals surface area contributed by atoms with E-state index in [4.69, 9.17) is 0 Å². The summed E-state index contributed by atoms with van der Waals surface area (Å²) in [5.41, 5.74) is 0.296. The predicted octanol–water partition coefficient (Wildman–Crippen LogP) is 1.99. The molecule has 75 valence electrons. The molecule has 0 spiro atoms. The van der Waals surface area contributed by atoms with Gasteiger partial charge in [0.25, 0.3) is 11.6 Å². The van der Waals surface area contributed by atoms with E-state index in [2.05, 4.69) is 9.97 Å². The molecule has 0 saturated carbocycles. The van der Waals surface area contributed by atoms with Gasteiger partial charge in [-0.15, -0.1) is 0 Å². The molecule has 0 saturated heterocycles. The highest BCUT2D eigenvalue weighted by Crippen LogP contribution is 2.25. The van der Waals surface area contributed by atoms with Crippen molar-refractivity contribution in [2.45, 2.75) is 6.92 Å². The van der Waals surface area contributed by atoms with Crippen molar-refractivity contribution in [3.05, 3.63) is 34.1 Å². The maximum Gasteiger partial charge on any atom is 0.281 e. The molecule has 0 fully saturated rings. The fourth-order valence-corrected chi connectivity index (χ4v) is 1.31. The van der Waals surface area contributed by atoms with Crippen LogP contribution in [-0.2, 0) is 5.11 Å². The van der Waals surface area contributed by atoms with E-state index in [-0.39, 0.29) is 11.1 Å². The van der Waals surface area contributed by atoms with Crippen LogP contribution in [0.5, 0.6) is 5.88 Å². The van der Waals surface area contributed by atoms with Crippen molar-refractivity contribution in [2.75, 3.05) is 0 Å². The van der Waals surface area contributed by atoms with Gasteiger partial charge in [0.1, 0.15) is 5.82 Å². The summed E-state index contributed by atoms with van der Waals surface area (Å²) in [7, 11) is 0. The number of rotatable bonds is 1. The van der Waals surface area contributed by atoms with E-state index in [9.17, 15) is 15.2 Å². The largest absolute Gasteiger partial charge is 0.281 e. The van der Waals surface area contributed by atoms with Gasteiger partial charge < -0.3 is 0 Å². The molecule has 0 atom stereocenters. The van der Waals surface area contributed by atoms with Crippen molar-refractivity contribution in [3.63, 3.8) is 0 Å². The average Bonchev–Trinajstić information content (AvgIpc) is 2.16. The van der Waals surface area contributed by atoms with Gasteiger partial charge >= 0.3 is 0 Å². The van der Waals surface area contributed by atoms with Crippen LogP contribution < -0.4 is 0 Å². The Labute approximate surface area is 84.4 Å². The smallest absolute Gasteiger partial charge is 0.267 e. The van der Waals surface area contributed by atoms with E-state index in [1.54, 1.807) is 6.92 Å². The van der Waals surface area contributed by atoms with E-state index < -0.39 is 10.8 Å². The Morgan fingerprint density at radius 1 is 1.33 bits per heavy atom. The Bertz CT molecular complexity index is 554. The summed E-state index contributed by atoms with van der Waals surface area (Å²) >= 11 is 0. The van der Waals surface area contributed by atoms with E-state index in [0.717, 1.165) is 0 Å². The molecule has 0 unspecified atom stereocenters. The molecule has 6 nitrogen and oxygen atoms in total. The van der Waals surface area contributed by atoms with Gasteiger partial charge in [0.15, 0.2) is 0 Å². The summed E-state index contributed by atoms with van der Waals surface area (Å²) in [6, 6.07) is 3.95. The third-order valence-electron chi connectivity index (χ3n) is 1.97. The Morgan fingerprint density at radius 2 is 2.07 bits per heavy atom. The topological polar surface area (TPSA) is 88.8 Å². The van der Waals surface area contributed by atoms with Gasteiger partial charge in [-0.2, -0.15) is 4.98 Å². The van der Waals surface area contributed by atoms with Crippen molar-refractivity contribution in [1.82, 2.24) is 9.97 Å². The van der Waals surface area contributed by atoms with Gasteiger partial charge in [-0.25, -0.2) is 4.98 Å². The SMILES string of the molecule is Cc1nc([O])c2cc([N+](=O)[O-])ccc2n1. The summed E-state index contributed by atoms with van der Waals surface area (Å²) < 4.78 is 0. The molecule has 1 aromatic heterocycles. The van der Waals surface area contributed by atoms with Gasteiger partial charge in [0.05, 0.1) is 15.8 Å². The Morgan fingerprint density at radius 3 is 2.73 bits per heavy atom. The van der Waals surface area contributed by atoms with E-state index in [0.29, 0.717) is 11.3 Å². The molecular weight excluding hydrogens is 198 g/mol. The average molecular weight is 204 g/mol. The van der Waals surface area contributed by atoms with E-state index >= 15 is 0 Å². The molecule has 2 aromatic rings. The molecule has 1 radical (unpaired) electrons. The van der Waals surface area contributed by atoms with Crippen LogP contribution in [0, 0.1) is 17.0 Å². The van der Waals surface area contributed by atoms with Crippen LogP contribution in [0.2, 0.25) is 0 Å². The van der Waals surface area contributed by atoms with Crippen molar-refractivity contribution < 1.29 is 10.0 Å². The summed E-state index contributed by atoms with van der Waals surface area (Å²) in [6.07, 6.45) is 0. The quantitative estimate of drug-likeness (QED) is 0.524. The third-order valence-corrected chi connectivity index (χ3v) is 1.97. The molecule has 0 aliphatic heterocycles. The van der Waals surface area contributed by atoms with Gasteiger partial charge in [-0.05, 0) is 13.0 Å². The zero-order valence-corrected chi connectivity index (χ0v) is 7.80. The first-order valence-electron chi connectivity index (χ1n) is 4.18. The number of fused-ring (bicyclic) bond motifs is 1. The number of hydrogen-bond donors (Lipinski definition) is 0. The van der Waals surface area contributed by atoms with Crippen molar-refractivity contribution >= 4 is 16.6 Å². The lowest BCUT2D eigenvalue weighted by molar-refractivity contribution is -0.384. The van der Waals surface area contributed by atoms with Crippen LogP contribution in [0.4, 0.5) is 5.69 Å². The van der Waals surface area contributed by atoms with Crippen LogP contribution in [0.3, 0.4) is 0 Å². The second kappa shape index (κ2) is 3.16. The van der Waals surface area contributed by atoms with Gasteiger partial charge in [-0.1, -0.05) is 0 Å². The van der Waals surface area contributed by atoms with Crippen molar-refractivity contribution in [2.24, 2.45) is 0 Å². The molecule has 0 amide bonds. The number of nitro benzene ring substituents is 1. The first-order chi connectivity index (χ1) is 7.08. The second-order valence-corrected chi connectivity index (χ2v) is 3.03. The summed E-state index contributed by atoms with van der Waals surface area (Å²) in [6.45, 7) is 1.60. The number of aromatic nitrogens is 2. The first kappa shape index (κ1) is 9.32. The predicted molar refractivity (Wildman–Crippen MR) is 51.1 cm³/mol. The highest BCUT2D eigenvalue weighted by Gasteiger charge is 2.11. The molecule has 0 bridgehead atoms. The zero-order chi connectivity index (χ0) is 11.0. The highest BCUT2D eigenvalue weighted by atomic mass is 16.6. The summed E-state index contributed by atoms with van der Waals surface area (Å²) in [5, 5.41) is 22.1. The van der Waals surface area contributed by atoms with Crippen LogP contribution in [0.25, 0.3) is 10.9 Å². The molecule has 15 heavy (non-hydrogen) atoms. The molecule has 0 aliphatic carbocycles. The number of nitro groups is 1. The molecular formula is C9H6N3O3. The van der Waals surface area contributed by atoms with E-state index in [1.807, 2.05) is 0 Å². The normalized spacial score (nSPS) is 10.5. The third kappa shape index (κ3) is 1.56. The van der Waals surface area contributed by atoms with Gasteiger partial charge in [-0.3, -0.25) is 15.2 Å². The lowest BCUT2D eigenvalue weighted by atomic mass is 10.2. The fraction of sp³-hybridized carbons (Fsp3) is 0.111. The number of non-ortho nitro benzene ring substituents is 1. The molecule has 2 rings (SSSR count). The molecule has 0 N–H and O–H groups in total. The van der Waals surface area contributed by atoms with Crippen LogP contribution in [-0.4, -0.2) is 14.9 Å².